The highest BCUT2D eigenvalue weighted by Crippen LogP contribution is 2.22. The second-order valence-electron chi connectivity index (χ2n) is 5.94. The molecule has 10 heteroatoms. The van der Waals surface area contributed by atoms with Gasteiger partial charge in [-0.3, -0.25) is 19.2 Å². The first-order chi connectivity index (χ1) is 13.3. The van der Waals surface area contributed by atoms with Crippen LogP contribution in [0.15, 0.2) is 28.4 Å². The SMILES string of the molecule is Cc1c(Cl)cccc1NC(=O)CNC(=O)COC(=O)CCn1c(C)csc1=O. The van der Waals surface area contributed by atoms with Crippen molar-refractivity contribution in [3.05, 3.63) is 49.5 Å². The van der Waals surface area contributed by atoms with Gasteiger partial charge in [0, 0.05) is 28.3 Å². The zero-order valence-electron chi connectivity index (χ0n) is 15.4. The molecule has 150 valence electrons. The molecule has 2 rings (SSSR count). The number of aromatic nitrogens is 1. The minimum atomic E-state index is -0.605. The molecule has 1 heterocycles. The lowest BCUT2D eigenvalue weighted by Crippen LogP contribution is -2.35. The van der Waals surface area contributed by atoms with E-state index in [4.69, 9.17) is 16.3 Å². The fourth-order valence-electron chi connectivity index (χ4n) is 2.26. The smallest absolute Gasteiger partial charge is 0.308 e. The van der Waals surface area contributed by atoms with Crippen molar-refractivity contribution in [1.29, 1.82) is 0 Å². The first kappa shape index (κ1) is 21.6. The molecule has 0 spiro atoms. The highest BCUT2D eigenvalue weighted by atomic mass is 35.5. The van der Waals surface area contributed by atoms with Crippen LogP contribution in [0.5, 0.6) is 0 Å². The van der Waals surface area contributed by atoms with Crippen molar-refractivity contribution in [2.45, 2.75) is 26.8 Å². The molecule has 1 aromatic heterocycles. The second kappa shape index (κ2) is 10.0. The van der Waals surface area contributed by atoms with Gasteiger partial charge in [-0.15, -0.1) is 0 Å². The fraction of sp³-hybridized carbons (Fsp3) is 0.333. The van der Waals surface area contributed by atoms with Gasteiger partial charge in [-0.2, -0.15) is 0 Å². The summed E-state index contributed by atoms with van der Waals surface area (Å²) >= 11 is 7.04. The van der Waals surface area contributed by atoms with Crippen LogP contribution in [0.3, 0.4) is 0 Å². The summed E-state index contributed by atoms with van der Waals surface area (Å²) in [6.07, 6.45) is -0.0285. The fourth-order valence-corrected chi connectivity index (χ4v) is 3.20. The molecular formula is C18H20ClN3O5S. The third-order valence-corrected chi connectivity index (χ3v) is 5.16. The summed E-state index contributed by atoms with van der Waals surface area (Å²) in [5.74, 6) is -1.64. The number of carbonyl (C=O) groups is 3. The van der Waals surface area contributed by atoms with Crippen LogP contribution in [0.25, 0.3) is 0 Å². The van der Waals surface area contributed by atoms with Crippen LogP contribution in [-0.2, 0) is 25.7 Å². The van der Waals surface area contributed by atoms with Gasteiger partial charge in [-0.05, 0) is 31.5 Å². The first-order valence-electron chi connectivity index (χ1n) is 8.40. The number of hydrogen-bond donors (Lipinski definition) is 2. The number of benzene rings is 1. The molecule has 2 aromatic rings. The molecule has 0 bridgehead atoms. The van der Waals surface area contributed by atoms with Crippen molar-refractivity contribution in [1.82, 2.24) is 9.88 Å². The van der Waals surface area contributed by atoms with E-state index in [0.717, 1.165) is 22.6 Å². The summed E-state index contributed by atoms with van der Waals surface area (Å²) in [5.41, 5.74) is 2.04. The lowest BCUT2D eigenvalue weighted by molar-refractivity contribution is -0.148. The van der Waals surface area contributed by atoms with Crippen molar-refractivity contribution in [2.24, 2.45) is 0 Å². The van der Waals surface area contributed by atoms with Crippen LogP contribution in [0.1, 0.15) is 17.7 Å². The Hall–Kier alpha value is -2.65. The number of aryl methyl sites for hydroxylation is 1. The van der Waals surface area contributed by atoms with E-state index in [9.17, 15) is 19.2 Å². The third kappa shape index (κ3) is 6.21. The Morgan fingerprint density at radius 3 is 2.64 bits per heavy atom. The van der Waals surface area contributed by atoms with Gasteiger partial charge in [0.1, 0.15) is 0 Å². The number of halogens is 1. The van der Waals surface area contributed by atoms with E-state index in [-0.39, 0.29) is 24.4 Å². The Morgan fingerprint density at radius 2 is 1.96 bits per heavy atom. The number of nitrogens with one attached hydrogen (secondary N) is 2. The molecule has 8 nitrogen and oxygen atoms in total. The van der Waals surface area contributed by atoms with E-state index in [0.29, 0.717) is 10.7 Å². The lowest BCUT2D eigenvalue weighted by atomic mass is 10.2. The zero-order valence-corrected chi connectivity index (χ0v) is 17.0. The van der Waals surface area contributed by atoms with Gasteiger partial charge in [-0.25, -0.2) is 0 Å². The molecule has 0 atom stereocenters. The molecule has 1 aromatic carbocycles. The molecule has 0 fully saturated rings. The van der Waals surface area contributed by atoms with Crippen molar-refractivity contribution < 1.29 is 19.1 Å². The number of ether oxygens (including phenoxy) is 1. The maximum atomic E-state index is 11.9. The first-order valence-corrected chi connectivity index (χ1v) is 9.66. The number of rotatable bonds is 8. The number of thiazole rings is 1. The Labute approximate surface area is 170 Å². The molecule has 0 saturated carbocycles. The van der Waals surface area contributed by atoms with Gasteiger partial charge in [-0.1, -0.05) is 29.0 Å². The molecule has 0 saturated heterocycles. The third-order valence-electron chi connectivity index (χ3n) is 3.87. The summed E-state index contributed by atoms with van der Waals surface area (Å²) in [6, 6.07) is 5.11. The Balaban J connectivity index is 1.69. The summed E-state index contributed by atoms with van der Waals surface area (Å²) in [7, 11) is 0. The van der Waals surface area contributed by atoms with Gasteiger partial charge in [0.25, 0.3) is 5.91 Å². The van der Waals surface area contributed by atoms with E-state index < -0.39 is 24.4 Å². The Kier molecular flexibility index (Phi) is 7.77. The van der Waals surface area contributed by atoms with Crippen LogP contribution in [0, 0.1) is 13.8 Å². The summed E-state index contributed by atoms with van der Waals surface area (Å²) in [6.45, 7) is 2.95. The minimum absolute atomic E-state index is 0.0285. The molecule has 28 heavy (non-hydrogen) atoms. The van der Waals surface area contributed by atoms with E-state index in [1.807, 2.05) is 0 Å². The van der Waals surface area contributed by atoms with E-state index >= 15 is 0 Å². The Morgan fingerprint density at radius 1 is 1.21 bits per heavy atom. The summed E-state index contributed by atoms with van der Waals surface area (Å²) < 4.78 is 6.32. The number of amides is 2. The quantitative estimate of drug-likeness (QED) is 0.628. The maximum absolute atomic E-state index is 11.9. The highest BCUT2D eigenvalue weighted by Gasteiger charge is 2.12. The topological polar surface area (TPSA) is 106 Å². The molecule has 0 aliphatic rings. The predicted octanol–water partition coefficient (Wildman–Crippen LogP) is 1.87. The molecule has 0 unspecified atom stereocenters. The monoisotopic (exact) mass is 425 g/mol. The predicted molar refractivity (Wildman–Crippen MR) is 107 cm³/mol. The maximum Gasteiger partial charge on any atom is 0.308 e. The summed E-state index contributed by atoms with van der Waals surface area (Å²) in [5, 5.41) is 7.23. The van der Waals surface area contributed by atoms with Gasteiger partial charge >= 0.3 is 10.8 Å². The average molecular weight is 426 g/mol. The zero-order chi connectivity index (χ0) is 20.7. The van der Waals surface area contributed by atoms with E-state index in [1.54, 1.807) is 37.4 Å². The van der Waals surface area contributed by atoms with Crippen LogP contribution in [-0.4, -0.2) is 35.5 Å². The van der Waals surface area contributed by atoms with Crippen molar-refractivity contribution in [3.8, 4) is 0 Å². The molecule has 2 N–H and O–H groups in total. The number of anilines is 1. The normalized spacial score (nSPS) is 10.4. The molecular weight excluding hydrogens is 406 g/mol. The number of hydrogen-bond acceptors (Lipinski definition) is 6. The molecule has 0 radical (unpaired) electrons. The van der Waals surface area contributed by atoms with Crippen LogP contribution >= 0.6 is 22.9 Å². The van der Waals surface area contributed by atoms with E-state index in [1.165, 1.54) is 4.57 Å². The van der Waals surface area contributed by atoms with Gasteiger partial charge in [0.15, 0.2) is 6.61 Å². The van der Waals surface area contributed by atoms with Gasteiger partial charge in [0.05, 0.1) is 13.0 Å². The number of carbonyl (C=O) groups excluding carboxylic acids is 3. The second-order valence-corrected chi connectivity index (χ2v) is 7.17. The molecule has 0 aliphatic heterocycles. The van der Waals surface area contributed by atoms with Gasteiger partial charge in [0.2, 0.25) is 5.91 Å². The minimum Gasteiger partial charge on any atom is -0.456 e. The van der Waals surface area contributed by atoms with Crippen LogP contribution in [0.2, 0.25) is 5.02 Å². The largest absolute Gasteiger partial charge is 0.456 e. The van der Waals surface area contributed by atoms with Gasteiger partial charge < -0.3 is 19.9 Å². The Bertz CT molecular complexity index is 938. The average Bonchev–Trinajstić information content (AvgIpc) is 2.98. The highest BCUT2D eigenvalue weighted by molar-refractivity contribution is 7.07. The molecule has 2 amide bonds. The van der Waals surface area contributed by atoms with E-state index in [2.05, 4.69) is 10.6 Å². The lowest BCUT2D eigenvalue weighted by Gasteiger charge is -2.10. The standard InChI is InChI=1S/C18H20ClN3O5S/c1-11-10-28-18(26)22(11)7-6-17(25)27-9-16(24)20-8-15(23)21-14-5-3-4-13(19)12(14)2/h3-5,10H,6-9H2,1-2H3,(H,20,24)(H,21,23). The number of esters is 1. The molecule has 0 aliphatic carbocycles. The van der Waals surface area contributed by atoms with Crippen LogP contribution in [0.4, 0.5) is 5.69 Å². The summed E-state index contributed by atoms with van der Waals surface area (Å²) in [4.78, 5) is 46.7. The van der Waals surface area contributed by atoms with Crippen LogP contribution < -0.4 is 15.5 Å². The van der Waals surface area contributed by atoms with Crippen molar-refractivity contribution >= 4 is 46.4 Å². The van der Waals surface area contributed by atoms with Crippen molar-refractivity contribution in [2.75, 3.05) is 18.5 Å². The number of nitrogens with zero attached hydrogens (tertiary/aromatic N) is 1. The van der Waals surface area contributed by atoms with Crippen molar-refractivity contribution in [3.63, 3.8) is 0 Å².